The molecule has 0 amide bonds. The lowest BCUT2D eigenvalue weighted by atomic mass is 9.96. The summed E-state index contributed by atoms with van der Waals surface area (Å²) in [5, 5.41) is 0.836. The predicted molar refractivity (Wildman–Crippen MR) is 96.0 cm³/mol. The molecule has 116 valence electrons. The van der Waals surface area contributed by atoms with Crippen LogP contribution in [0.2, 0.25) is 5.02 Å². The molecule has 1 atom stereocenters. The van der Waals surface area contributed by atoms with Gasteiger partial charge in [0.1, 0.15) is 0 Å². The van der Waals surface area contributed by atoms with Gasteiger partial charge in [-0.05, 0) is 56.2 Å². The van der Waals surface area contributed by atoms with Crippen molar-refractivity contribution in [3.05, 3.63) is 58.7 Å². The number of rotatable bonds is 9. The van der Waals surface area contributed by atoms with Gasteiger partial charge in [0, 0.05) is 5.02 Å². The summed E-state index contributed by atoms with van der Waals surface area (Å²) in [7, 11) is 0. The Kier molecular flexibility index (Phi) is 9.17. The summed E-state index contributed by atoms with van der Waals surface area (Å²) in [5.74, 6) is 0.709. The highest BCUT2D eigenvalue weighted by Gasteiger charge is 2.01. The number of allylic oxidation sites excluding steroid dienone is 4. The second-order valence-electron chi connectivity index (χ2n) is 5.90. The molecule has 0 bridgehead atoms. The number of benzene rings is 1. The van der Waals surface area contributed by atoms with Crippen molar-refractivity contribution in [3.8, 4) is 0 Å². The number of aryl methyl sites for hydroxylation is 1. The summed E-state index contributed by atoms with van der Waals surface area (Å²) < 4.78 is 0. The van der Waals surface area contributed by atoms with Crippen LogP contribution in [0.1, 0.15) is 58.4 Å². The molecule has 0 N–H and O–H groups in total. The Morgan fingerprint density at radius 2 is 2.10 bits per heavy atom. The normalized spacial score (nSPS) is 13.8. The Bertz CT molecular complexity index is 457. The highest BCUT2D eigenvalue weighted by atomic mass is 35.5. The van der Waals surface area contributed by atoms with Crippen molar-refractivity contribution in [3.63, 3.8) is 0 Å². The van der Waals surface area contributed by atoms with Crippen LogP contribution in [0.15, 0.2) is 48.1 Å². The fourth-order valence-corrected chi connectivity index (χ4v) is 2.55. The average molecular weight is 305 g/mol. The molecule has 0 heterocycles. The number of hydrogen-bond acceptors (Lipinski definition) is 0. The highest BCUT2D eigenvalue weighted by Crippen LogP contribution is 2.17. The van der Waals surface area contributed by atoms with Crippen LogP contribution in [0.3, 0.4) is 0 Å². The van der Waals surface area contributed by atoms with Crippen LogP contribution in [0.5, 0.6) is 0 Å². The van der Waals surface area contributed by atoms with E-state index in [1.54, 1.807) is 0 Å². The molecule has 0 nitrogen and oxygen atoms in total. The van der Waals surface area contributed by atoms with E-state index in [0.717, 1.165) is 17.9 Å². The van der Waals surface area contributed by atoms with Crippen molar-refractivity contribution < 1.29 is 0 Å². The molecule has 0 aromatic heterocycles. The van der Waals surface area contributed by atoms with Crippen LogP contribution in [-0.4, -0.2) is 0 Å². The van der Waals surface area contributed by atoms with Crippen molar-refractivity contribution in [2.75, 3.05) is 0 Å². The van der Waals surface area contributed by atoms with Crippen LogP contribution in [0.25, 0.3) is 0 Å². The Labute approximate surface area is 135 Å². The smallest absolute Gasteiger partial charge is 0.0408 e. The molecule has 0 saturated heterocycles. The zero-order valence-corrected chi connectivity index (χ0v) is 14.5. The minimum Gasteiger partial charge on any atom is -0.0845 e. The van der Waals surface area contributed by atoms with E-state index < -0.39 is 0 Å². The first-order chi connectivity index (χ1) is 10.1. The second-order valence-corrected chi connectivity index (χ2v) is 6.34. The lowest BCUT2D eigenvalue weighted by molar-refractivity contribution is 0.572. The molecule has 0 saturated carbocycles. The molecular formula is C20H29Cl. The summed E-state index contributed by atoms with van der Waals surface area (Å²) in [6.45, 7) is 6.83. The van der Waals surface area contributed by atoms with Crippen LogP contribution in [0.4, 0.5) is 0 Å². The fraction of sp³-hybridized carbons (Fsp3) is 0.500. The largest absolute Gasteiger partial charge is 0.0845 e. The van der Waals surface area contributed by atoms with Crippen molar-refractivity contribution in [2.24, 2.45) is 5.92 Å². The van der Waals surface area contributed by atoms with E-state index in [-0.39, 0.29) is 0 Å². The van der Waals surface area contributed by atoms with Gasteiger partial charge < -0.3 is 0 Å². The third kappa shape index (κ3) is 8.12. The lowest BCUT2D eigenvalue weighted by Gasteiger charge is -2.10. The van der Waals surface area contributed by atoms with Gasteiger partial charge >= 0.3 is 0 Å². The Morgan fingerprint density at radius 1 is 1.29 bits per heavy atom. The van der Waals surface area contributed by atoms with E-state index in [1.165, 1.54) is 36.8 Å². The first-order valence-electron chi connectivity index (χ1n) is 8.21. The molecule has 1 unspecified atom stereocenters. The van der Waals surface area contributed by atoms with Gasteiger partial charge in [0.25, 0.3) is 0 Å². The van der Waals surface area contributed by atoms with Crippen LogP contribution >= 0.6 is 11.6 Å². The molecule has 0 fully saturated rings. The van der Waals surface area contributed by atoms with E-state index in [2.05, 4.69) is 51.1 Å². The molecule has 1 rings (SSSR count). The van der Waals surface area contributed by atoms with E-state index in [4.69, 9.17) is 11.6 Å². The number of hydrogen-bond donors (Lipinski definition) is 0. The third-order valence-corrected chi connectivity index (χ3v) is 4.22. The molecule has 1 aromatic rings. The molecule has 0 aliphatic heterocycles. The third-order valence-electron chi connectivity index (χ3n) is 3.99. The monoisotopic (exact) mass is 304 g/mol. The van der Waals surface area contributed by atoms with E-state index in [0.29, 0.717) is 5.92 Å². The first kappa shape index (κ1) is 18.0. The zero-order chi connectivity index (χ0) is 15.5. The maximum absolute atomic E-state index is 5.99. The van der Waals surface area contributed by atoms with Gasteiger partial charge in [-0.25, -0.2) is 0 Å². The molecule has 1 heteroatoms. The van der Waals surface area contributed by atoms with Gasteiger partial charge in [0.15, 0.2) is 0 Å². The number of halogens is 1. The van der Waals surface area contributed by atoms with E-state index in [9.17, 15) is 0 Å². The van der Waals surface area contributed by atoms with Gasteiger partial charge in [0.05, 0.1) is 0 Å². The summed E-state index contributed by atoms with van der Waals surface area (Å²) in [6.07, 6.45) is 14.1. The van der Waals surface area contributed by atoms with Gasteiger partial charge in [-0.15, -0.1) is 0 Å². The van der Waals surface area contributed by atoms with E-state index in [1.807, 2.05) is 12.1 Å². The standard InChI is InChI=1S/C20H29Cl/c1-4-5-11-17(2)18(3)12-8-6-7-9-13-19-14-10-15-20(21)16-19/h6,8,10,12,14-17H,4-5,7,9,11,13H2,1-3H3/b8-6-,18-12+. The Balaban J connectivity index is 2.25. The fourth-order valence-electron chi connectivity index (χ4n) is 2.33. The molecule has 0 spiro atoms. The molecule has 21 heavy (non-hydrogen) atoms. The van der Waals surface area contributed by atoms with Gasteiger partial charge in [-0.2, -0.15) is 0 Å². The summed E-state index contributed by atoms with van der Waals surface area (Å²) >= 11 is 5.99. The Hall–Kier alpha value is -1.01. The summed E-state index contributed by atoms with van der Waals surface area (Å²) in [4.78, 5) is 0. The highest BCUT2D eigenvalue weighted by molar-refractivity contribution is 6.30. The molecule has 0 aliphatic carbocycles. The first-order valence-corrected chi connectivity index (χ1v) is 8.59. The average Bonchev–Trinajstić information content (AvgIpc) is 2.48. The minimum absolute atomic E-state index is 0.709. The number of unbranched alkanes of at least 4 members (excludes halogenated alkanes) is 2. The van der Waals surface area contributed by atoms with E-state index >= 15 is 0 Å². The van der Waals surface area contributed by atoms with Gasteiger partial charge in [0.2, 0.25) is 0 Å². The lowest BCUT2D eigenvalue weighted by Crippen LogP contribution is -1.95. The SMILES string of the molecule is CCCCC(C)/C(C)=C/C=C\CCCc1cccc(Cl)c1. The van der Waals surface area contributed by atoms with Crippen molar-refractivity contribution in [2.45, 2.75) is 59.3 Å². The van der Waals surface area contributed by atoms with Gasteiger partial charge in [-0.3, -0.25) is 0 Å². The quantitative estimate of drug-likeness (QED) is 0.340. The van der Waals surface area contributed by atoms with Crippen LogP contribution in [0, 0.1) is 5.92 Å². The van der Waals surface area contributed by atoms with Crippen molar-refractivity contribution in [1.29, 1.82) is 0 Å². The van der Waals surface area contributed by atoms with Crippen LogP contribution < -0.4 is 0 Å². The Morgan fingerprint density at radius 3 is 2.81 bits per heavy atom. The minimum atomic E-state index is 0.709. The van der Waals surface area contributed by atoms with Crippen molar-refractivity contribution >= 4 is 11.6 Å². The molecular weight excluding hydrogens is 276 g/mol. The maximum atomic E-state index is 5.99. The van der Waals surface area contributed by atoms with Crippen molar-refractivity contribution in [1.82, 2.24) is 0 Å². The van der Waals surface area contributed by atoms with Crippen LogP contribution in [-0.2, 0) is 6.42 Å². The summed E-state index contributed by atoms with van der Waals surface area (Å²) in [6, 6.07) is 8.16. The molecule has 0 radical (unpaired) electrons. The zero-order valence-electron chi connectivity index (χ0n) is 13.7. The maximum Gasteiger partial charge on any atom is 0.0408 e. The second kappa shape index (κ2) is 10.7. The molecule has 0 aliphatic rings. The van der Waals surface area contributed by atoms with Gasteiger partial charge in [-0.1, -0.05) is 74.2 Å². The topological polar surface area (TPSA) is 0 Å². The molecule has 1 aromatic carbocycles. The predicted octanol–water partition coefficient (Wildman–Crippen LogP) is 6.99. The summed E-state index contributed by atoms with van der Waals surface area (Å²) in [5.41, 5.74) is 2.82.